The fourth-order valence-corrected chi connectivity index (χ4v) is 5.71. The van der Waals surface area contributed by atoms with Crippen LogP contribution in [0.4, 0.5) is 15.2 Å². The summed E-state index contributed by atoms with van der Waals surface area (Å²) >= 11 is 1.24. The average molecular weight is 485 g/mol. The molecule has 0 unspecified atom stereocenters. The fourth-order valence-electron chi connectivity index (χ4n) is 4.87. The largest absolute Gasteiger partial charge is 0.338 e. The van der Waals surface area contributed by atoms with Crippen LogP contribution in [0.3, 0.4) is 0 Å². The number of aromatic nitrogens is 1. The highest BCUT2D eigenvalue weighted by Crippen LogP contribution is 2.31. The number of amides is 2. The summed E-state index contributed by atoms with van der Waals surface area (Å²) in [6, 6.07) is 6.12. The number of benzene rings is 1. The molecule has 2 aromatic rings. The molecule has 1 aliphatic carbocycles. The lowest BCUT2D eigenvalue weighted by atomic mass is 9.89. The molecule has 2 heterocycles. The number of anilines is 2. The van der Waals surface area contributed by atoms with Gasteiger partial charge in [-0.05, 0) is 49.9 Å². The van der Waals surface area contributed by atoms with E-state index in [9.17, 15) is 14.0 Å². The maximum absolute atomic E-state index is 14.3. The number of hydrogen-bond donors (Lipinski definition) is 0. The summed E-state index contributed by atoms with van der Waals surface area (Å²) < 4.78 is 14.3. The van der Waals surface area contributed by atoms with Gasteiger partial charge in [-0.2, -0.15) is 0 Å². The molecule has 8 heteroatoms. The molecule has 4 rings (SSSR count). The maximum atomic E-state index is 14.3. The summed E-state index contributed by atoms with van der Waals surface area (Å²) in [4.78, 5) is 35.2. The van der Waals surface area contributed by atoms with Gasteiger partial charge in [-0.3, -0.25) is 14.5 Å². The van der Waals surface area contributed by atoms with Crippen LogP contribution in [0.5, 0.6) is 0 Å². The first-order valence-corrected chi connectivity index (χ1v) is 13.1. The van der Waals surface area contributed by atoms with E-state index in [0.717, 1.165) is 45.1 Å². The smallest absolute Gasteiger partial charge is 0.246 e. The van der Waals surface area contributed by atoms with Crippen molar-refractivity contribution >= 4 is 40.0 Å². The Hall–Kier alpha value is -2.58. The summed E-state index contributed by atoms with van der Waals surface area (Å²) in [6.45, 7) is 6.02. The Morgan fingerprint density at radius 1 is 1.12 bits per heavy atom. The van der Waals surface area contributed by atoms with Gasteiger partial charge in [0.15, 0.2) is 5.13 Å². The molecule has 0 spiro atoms. The summed E-state index contributed by atoms with van der Waals surface area (Å²) in [7, 11) is 0. The van der Waals surface area contributed by atoms with Gasteiger partial charge >= 0.3 is 0 Å². The van der Waals surface area contributed by atoms with Crippen molar-refractivity contribution in [2.45, 2.75) is 45.4 Å². The van der Waals surface area contributed by atoms with Crippen LogP contribution in [0.25, 0.3) is 6.08 Å². The summed E-state index contributed by atoms with van der Waals surface area (Å²) in [5.74, 6) is -0.0208. The first-order chi connectivity index (χ1) is 16.5. The predicted molar refractivity (Wildman–Crippen MR) is 135 cm³/mol. The molecule has 182 valence electrons. The third-order valence-corrected chi connectivity index (χ3v) is 7.49. The van der Waals surface area contributed by atoms with Gasteiger partial charge in [0.1, 0.15) is 5.82 Å². The molecule has 1 saturated carbocycles. The molecule has 1 saturated heterocycles. The monoisotopic (exact) mass is 484 g/mol. The first kappa shape index (κ1) is 24.5. The predicted octanol–water partition coefficient (Wildman–Crippen LogP) is 5.09. The van der Waals surface area contributed by atoms with E-state index < -0.39 is 5.82 Å². The zero-order valence-electron chi connectivity index (χ0n) is 19.8. The molecule has 2 aliphatic rings. The number of carbonyl (C=O) groups excluding carboxylic acids is 2. The highest BCUT2D eigenvalue weighted by Gasteiger charge is 2.22. The van der Waals surface area contributed by atoms with E-state index in [1.54, 1.807) is 35.7 Å². The van der Waals surface area contributed by atoms with Crippen LogP contribution in [0.1, 0.15) is 51.1 Å². The third-order valence-electron chi connectivity index (χ3n) is 6.65. The first-order valence-electron chi connectivity index (χ1n) is 12.2. The molecular weight excluding hydrogens is 451 g/mol. The minimum atomic E-state index is -0.487. The Labute approximate surface area is 205 Å². The van der Waals surface area contributed by atoms with Crippen LogP contribution in [-0.4, -0.2) is 59.3 Å². The summed E-state index contributed by atoms with van der Waals surface area (Å²) in [5, 5.41) is 2.14. The number of nitrogens with zero attached hydrogens (tertiary/aromatic N) is 4. The molecule has 1 aromatic carbocycles. The van der Waals surface area contributed by atoms with E-state index >= 15 is 0 Å². The standard InChI is InChI=1S/C26H33FN4O2S/c1-20(32)31(24-11-6-5-10-23(24)27)26-28-22(19-34-26)12-13-25(33)30-15-7-14-29(16-17-30)18-21-8-3-2-4-9-21/h5-6,10-13,19,21H,2-4,7-9,14-18H2,1H3/b13-12+. The zero-order valence-corrected chi connectivity index (χ0v) is 20.6. The molecule has 2 amide bonds. The molecular formula is C26H33FN4O2S. The van der Waals surface area contributed by atoms with E-state index in [2.05, 4.69) is 9.88 Å². The van der Waals surface area contributed by atoms with Gasteiger partial charge in [0, 0.05) is 44.6 Å². The van der Waals surface area contributed by atoms with E-state index in [1.165, 1.54) is 61.3 Å². The van der Waals surface area contributed by atoms with Gasteiger partial charge in [0.25, 0.3) is 0 Å². The van der Waals surface area contributed by atoms with Crippen LogP contribution in [0.15, 0.2) is 35.7 Å². The average Bonchev–Trinajstić information content (AvgIpc) is 3.17. The Kier molecular flexibility index (Phi) is 8.45. The molecule has 0 atom stereocenters. The minimum Gasteiger partial charge on any atom is -0.338 e. The second kappa shape index (κ2) is 11.7. The van der Waals surface area contributed by atoms with Gasteiger partial charge in [-0.15, -0.1) is 11.3 Å². The quantitative estimate of drug-likeness (QED) is 0.536. The number of para-hydroxylation sites is 1. The minimum absolute atomic E-state index is 0.0217. The van der Waals surface area contributed by atoms with Gasteiger partial charge < -0.3 is 9.80 Å². The number of halogens is 1. The lowest BCUT2D eigenvalue weighted by Gasteiger charge is -2.28. The Bertz CT molecular complexity index is 1020. The molecule has 34 heavy (non-hydrogen) atoms. The van der Waals surface area contributed by atoms with E-state index in [1.807, 2.05) is 4.90 Å². The van der Waals surface area contributed by atoms with E-state index in [0.29, 0.717) is 10.8 Å². The van der Waals surface area contributed by atoms with Crippen molar-refractivity contribution in [3.05, 3.63) is 47.2 Å². The van der Waals surface area contributed by atoms with Crippen LogP contribution in [-0.2, 0) is 9.59 Å². The number of rotatable bonds is 6. The van der Waals surface area contributed by atoms with Crippen molar-refractivity contribution in [2.24, 2.45) is 5.92 Å². The van der Waals surface area contributed by atoms with E-state index in [-0.39, 0.29) is 17.5 Å². The van der Waals surface area contributed by atoms with Crippen molar-refractivity contribution in [1.29, 1.82) is 0 Å². The van der Waals surface area contributed by atoms with Crippen LogP contribution < -0.4 is 4.90 Å². The van der Waals surface area contributed by atoms with Crippen molar-refractivity contribution in [1.82, 2.24) is 14.8 Å². The second-order valence-corrected chi connectivity index (χ2v) is 10.0. The maximum Gasteiger partial charge on any atom is 0.246 e. The topological polar surface area (TPSA) is 56.8 Å². The second-order valence-electron chi connectivity index (χ2n) is 9.18. The fraction of sp³-hybridized carbons (Fsp3) is 0.500. The molecule has 6 nitrogen and oxygen atoms in total. The zero-order chi connectivity index (χ0) is 23.9. The van der Waals surface area contributed by atoms with Gasteiger partial charge in [-0.25, -0.2) is 9.37 Å². The van der Waals surface area contributed by atoms with Crippen LogP contribution in [0.2, 0.25) is 0 Å². The molecule has 0 radical (unpaired) electrons. The Balaban J connectivity index is 1.35. The SMILES string of the molecule is CC(=O)N(c1nc(/C=C/C(=O)N2CCCN(CC3CCCCC3)CC2)cs1)c1ccccc1F. The Morgan fingerprint density at radius 2 is 1.91 bits per heavy atom. The molecule has 0 bridgehead atoms. The lowest BCUT2D eigenvalue weighted by molar-refractivity contribution is -0.125. The molecule has 1 aliphatic heterocycles. The van der Waals surface area contributed by atoms with Crippen molar-refractivity contribution in [3.8, 4) is 0 Å². The van der Waals surface area contributed by atoms with Gasteiger partial charge in [0.2, 0.25) is 11.8 Å². The van der Waals surface area contributed by atoms with Crippen molar-refractivity contribution in [3.63, 3.8) is 0 Å². The highest BCUT2D eigenvalue weighted by atomic mass is 32.1. The van der Waals surface area contributed by atoms with Gasteiger partial charge in [0.05, 0.1) is 11.4 Å². The highest BCUT2D eigenvalue weighted by molar-refractivity contribution is 7.14. The lowest BCUT2D eigenvalue weighted by Crippen LogP contribution is -2.36. The number of thiazole rings is 1. The van der Waals surface area contributed by atoms with Crippen LogP contribution in [0, 0.1) is 11.7 Å². The third kappa shape index (κ3) is 6.30. The summed E-state index contributed by atoms with van der Waals surface area (Å²) in [6.07, 6.45) is 11.0. The van der Waals surface area contributed by atoms with Crippen molar-refractivity contribution < 1.29 is 14.0 Å². The molecule has 0 N–H and O–H groups in total. The normalized spacial score (nSPS) is 18.2. The molecule has 1 aromatic heterocycles. The molecule has 2 fully saturated rings. The van der Waals surface area contributed by atoms with E-state index in [4.69, 9.17) is 0 Å². The number of hydrogen-bond acceptors (Lipinski definition) is 5. The summed E-state index contributed by atoms with van der Waals surface area (Å²) in [5.41, 5.74) is 0.739. The Morgan fingerprint density at radius 3 is 2.68 bits per heavy atom. The van der Waals surface area contributed by atoms with Crippen molar-refractivity contribution in [2.75, 3.05) is 37.6 Å². The van der Waals surface area contributed by atoms with Crippen LogP contribution >= 0.6 is 11.3 Å². The number of carbonyl (C=O) groups is 2. The van der Waals surface area contributed by atoms with Gasteiger partial charge in [-0.1, -0.05) is 31.4 Å².